The van der Waals surface area contributed by atoms with Gasteiger partial charge in [-0.3, -0.25) is 9.59 Å². The number of hydrogen-bond acceptors (Lipinski definition) is 4. The molecule has 0 spiro atoms. The van der Waals surface area contributed by atoms with Crippen LogP contribution in [0.5, 0.6) is 0 Å². The Morgan fingerprint density at radius 2 is 1.76 bits per heavy atom. The SMILES string of the molecule is CC[Si](CC)(CC)C(=O)C(=O)N1CCOC1=O. The Balaban J connectivity index is 2.88. The molecule has 0 aromatic carbocycles. The molecular formula is C11H19NO4Si. The third kappa shape index (κ3) is 2.41. The quantitative estimate of drug-likeness (QED) is 0.554. The van der Waals surface area contributed by atoms with E-state index >= 15 is 0 Å². The van der Waals surface area contributed by atoms with Crippen molar-refractivity contribution in [2.75, 3.05) is 13.2 Å². The minimum absolute atomic E-state index is 0.191. The minimum atomic E-state index is -2.22. The van der Waals surface area contributed by atoms with Crippen molar-refractivity contribution in [1.82, 2.24) is 4.90 Å². The lowest BCUT2D eigenvalue weighted by atomic mass is 10.5. The van der Waals surface area contributed by atoms with Crippen molar-refractivity contribution in [3.8, 4) is 0 Å². The van der Waals surface area contributed by atoms with Gasteiger partial charge in [0.2, 0.25) is 0 Å². The molecule has 0 N–H and O–H groups in total. The van der Waals surface area contributed by atoms with Gasteiger partial charge < -0.3 is 4.74 Å². The van der Waals surface area contributed by atoms with Crippen LogP contribution in [-0.2, 0) is 14.3 Å². The number of carbonyl (C=O) groups excluding carboxylic acids is 3. The van der Waals surface area contributed by atoms with Crippen LogP contribution in [0, 0.1) is 0 Å². The van der Waals surface area contributed by atoms with Crippen LogP contribution in [0.25, 0.3) is 0 Å². The Morgan fingerprint density at radius 1 is 1.24 bits per heavy atom. The topological polar surface area (TPSA) is 63.7 Å². The highest BCUT2D eigenvalue weighted by molar-refractivity contribution is 7.13. The van der Waals surface area contributed by atoms with E-state index in [0.717, 1.165) is 23.0 Å². The van der Waals surface area contributed by atoms with Gasteiger partial charge in [-0.15, -0.1) is 0 Å². The van der Waals surface area contributed by atoms with Crippen LogP contribution in [0.1, 0.15) is 20.8 Å². The summed E-state index contributed by atoms with van der Waals surface area (Å²) in [6.45, 7) is 6.24. The van der Waals surface area contributed by atoms with E-state index in [1.165, 1.54) is 0 Å². The summed E-state index contributed by atoms with van der Waals surface area (Å²) < 4.78 is 4.68. The smallest absolute Gasteiger partial charge is 0.417 e. The number of imide groups is 1. The van der Waals surface area contributed by atoms with E-state index < -0.39 is 20.1 Å². The number of cyclic esters (lactones) is 1. The Morgan fingerprint density at radius 3 is 2.12 bits per heavy atom. The van der Waals surface area contributed by atoms with Crippen LogP contribution in [-0.4, -0.2) is 43.5 Å². The molecule has 0 aliphatic carbocycles. The standard InChI is InChI=1S/C11H19NO4Si/c1-4-17(5-2,6-3)10(14)9(13)12-7-8-16-11(12)15/h4-8H2,1-3H3. The van der Waals surface area contributed by atoms with Gasteiger partial charge in [-0.05, 0) is 0 Å². The average molecular weight is 257 g/mol. The molecule has 1 aliphatic rings. The maximum Gasteiger partial charge on any atom is 0.417 e. The Labute approximate surface area is 102 Å². The molecule has 1 rings (SSSR count). The van der Waals surface area contributed by atoms with Gasteiger partial charge in [-0.25, -0.2) is 9.69 Å². The van der Waals surface area contributed by atoms with Crippen LogP contribution in [0.4, 0.5) is 4.79 Å². The molecule has 0 atom stereocenters. The summed E-state index contributed by atoms with van der Waals surface area (Å²) in [4.78, 5) is 36.4. The second-order valence-corrected chi connectivity index (χ2v) is 9.38. The molecule has 1 saturated heterocycles. The fraction of sp³-hybridized carbons (Fsp3) is 0.727. The lowest BCUT2D eigenvalue weighted by Gasteiger charge is -2.26. The minimum Gasteiger partial charge on any atom is -0.447 e. The van der Waals surface area contributed by atoms with Crippen LogP contribution < -0.4 is 0 Å². The largest absolute Gasteiger partial charge is 0.447 e. The molecule has 17 heavy (non-hydrogen) atoms. The highest BCUT2D eigenvalue weighted by Crippen LogP contribution is 2.22. The summed E-state index contributed by atoms with van der Waals surface area (Å²) in [5.41, 5.74) is 0. The van der Waals surface area contributed by atoms with Gasteiger partial charge in [-0.1, -0.05) is 38.9 Å². The monoisotopic (exact) mass is 257 g/mol. The van der Waals surface area contributed by atoms with E-state index in [1.807, 2.05) is 20.8 Å². The van der Waals surface area contributed by atoms with E-state index in [-0.39, 0.29) is 18.6 Å². The van der Waals surface area contributed by atoms with Gasteiger partial charge in [0.25, 0.3) is 5.91 Å². The predicted octanol–water partition coefficient (Wildman–Crippen LogP) is 1.58. The molecule has 0 saturated carbocycles. The molecular weight excluding hydrogens is 238 g/mol. The fourth-order valence-corrected chi connectivity index (χ4v) is 5.21. The van der Waals surface area contributed by atoms with E-state index in [9.17, 15) is 14.4 Å². The van der Waals surface area contributed by atoms with Crippen LogP contribution >= 0.6 is 0 Å². The number of amides is 2. The van der Waals surface area contributed by atoms with Crippen molar-refractivity contribution in [2.24, 2.45) is 0 Å². The molecule has 0 aromatic heterocycles. The van der Waals surface area contributed by atoms with Gasteiger partial charge in [0.15, 0.2) is 5.41 Å². The molecule has 0 unspecified atom stereocenters. The molecule has 0 bridgehead atoms. The maximum atomic E-state index is 12.3. The summed E-state index contributed by atoms with van der Waals surface area (Å²) in [5, 5.41) is -0.330. The zero-order valence-corrected chi connectivity index (χ0v) is 11.6. The Kier molecular flexibility index (Phi) is 4.44. The van der Waals surface area contributed by atoms with E-state index in [0.29, 0.717) is 0 Å². The molecule has 2 amide bonds. The summed E-state index contributed by atoms with van der Waals surface area (Å²) >= 11 is 0. The van der Waals surface area contributed by atoms with Crippen molar-refractivity contribution in [3.05, 3.63) is 0 Å². The molecule has 1 aliphatic heterocycles. The Hall–Kier alpha value is -1.17. The Bertz CT molecular complexity index is 330. The second kappa shape index (κ2) is 5.44. The van der Waals surface area contributed by atoms with Crippen molar-refractivity contribution >= 4 is 25.5 Å². The molecule has 96 valence electrons. The number of hydrogen-bond donors (Lipinski definition) is 0. The van der Waals surface area contributed by atoms with E-state index in [4.69, 9.17) is 0 Å². The van der Waals surface area contributed by atoms with Gasteiger partial charge in [0, 0.05) is 0 Å². The molecule has 5 nitrogen and oxygen atoms in total. The summed E-state index contributed by atoms with van der Waals surface area (Å²) in [5.74, 6) is -0.662. The van der Waals surface area contributed by atoms with Gasteiger partial charge in [0.05, 0.1) is 6.54 Å². The lowest BCUT2D eigenvalue weighted by Crippen LogP contribution is -2.52. The first-order valence-electron chi connectivity index (χ1n) is 6.05. The first kappa shape index (κ1) is 13.9. The molecule has 1 fully saturated rings. The third-order valence-corrected chi connectivity index (χ3v) is 8.95. The third-order valence-electron chi connectivity index (χ3n) is 3.71. The van der Waals surface area contributed by atoms with Gasteiger partial charge in [-0.2, -0.15) is 0 Å². The van der Waals surface area contributed by atoms with Crippen LogP contribution in [0.2, 0.25) is 18.1 Å². The summed E-state index contributed by atoms with van der Waals surface area (Å²) in [7, 11) is -2.22. The molecule has 1 heterocycles. The highest BCUT2D eigenvalue weighted by atomic mass is 28.3. The maximum absolute atomic E-state index is 12.3. The first-order chi connectivity index (χ1) is 8.02. The fourth-order valence-electron chi connectivity index (χ4n) is 2.16. The van der Waals surface area contributed by atoms with Crippen LogP contribution in [0.15, 0.2) is 0 Å². The van der Waals surface area contributed by atoms with E-state index in [2.05, 4.69) is 4.74 Å². The van der Waals surface area contributed by atoms with Crippen molar-refractivity contribution < 1.29 is 19.1 Å². The van der Waals surface area contributed by atoms with Crippen LogP contribution in [0.3, 0.4) is 0 Å². The summed E-state index contributed by atoms with van der Waals surface area (Å²) in [6.07, 6.45) is -0.686. The summed E-state index contributed by atoms with van der Waals surface area (Å²) in [6, 6.07) is 2.23. The molecule has 6 heteroatoms. The number of carbonyl (C=O) groups is 3. The van der Waals surface area contributed by atoms with Crippen molar-refractivity contribution in [3.63, 3.8) is 0 Å². The normalized spacial score (nSPS) is 15.9. The zero-order valence-electron chi connectivity index (χ0n) is 10.6. The highest BCUT2D eigenvalue weighted by Gasteiger charge is 2.44. The number of rotatable bonds is 5. The zero-order chi connectivity index (χ0) is 13.1. The van der Waals surface area contributed by atoms with Crippen molar-refractivity contribution in [1.29, 1.82) is 0 Å². The van der Waals surface area contributed by atoms with Gasteiger partial charge >= 0.3 is 6.09 Å². The molecule has 0 radical (unpaired) electrons. The predicted molar refractivity (Wildman–Crippen MR) is 65.3 cm³/mol. The number of ether oxygens (including phenoxy) is 1. The molecule has 0 aromatic rings. The second-order valence-electron chi connectivity index (χ2n) is 4.24. The van der Waals surface area contributed by atoms with E-state index in [1.54, 1.807) is 0 Å². The first-order valence-corrected chi connectivity index (χ1v) is 8.67. The average Bonchev–Trinajstić information content (AvgIpc) is 2.77. The number of nitrogens with zero attached hydrogens (tertiary/aromatic N) is 1. The van der Waals surface area contributed by atoms with Crippen molar-refractivity contribution in [2.45, 2.75) is 38.9 Å². The van der Waals surface area contributed by atoms with Gasteiger partial charge in [0.1, 0.15) is 14.7 Å². The lowest BCUT2D eigenvalue weighted by molar-refractivity contribution is -0.138.